The fourth-order valence-electron chi connectivity index (χ4n) is 4.82. The van der Waals surface area contributed by atoms with Crippen molar-refractivity contribution in [3.05, 3.63) is 0 Å². The Hall–Kier alpha value is -0.810. The molecule has 0 spiro atoms. The van der Waals surface area contributed by atoms with Crippen LogP contribution in [-0.2, 0) is 0 Å². The zero-order valence-corrected chi connectivity index (χ0v) is 15.8. The number of aliphatic imine (C=N–C) groups is 1. The van der Waals surface area contributed by atoms with Crippen molar-refractivity contribution in [2.45, 2.75) is 76.4 Å². The number of hydrogen-bond acceptors (Lipinski definition) is 3. The van der Waals surface area contributed by atoms with Gasteiger partial charge in [-0.3, -0.25) is 14.8 Å². The normalized spacial score (nSPS) is 30.8. The van der Waals surface area contributed by atoms with E-state index >= 15 is 0 Å². The first-order valence-corrected chi connectivity index (χ1v) is 10.3. The van der Waals surface area contributed by atoms with E-state index < -0.39 is 0 Å². The molecule has 1 saturated carbocycles. The minimum absolute atomic E-state index is 0.561. The molecule has 0 aromatic rings. The molecule has 2 atom stereocenters. The van der Waals surface area contributed by atoms with Crippen molar-refractivity contribution in [1.82, 2.24) is 20.4 Å². The van der Waals surface area contributed by atoms with Gasteiger partial charge in [-0.15, -0.1) is 0 Å². The van der Waals surface area contributed by atoms with Crippen LogP contribution in [-0.4, -0.2) is 73.7 Å². The molecular formula is C19H37N5. The Morgan fingerprint density at radius 1 is 1.04 bits per heavy atom. The topological polar surface area (TPSA) is 42.9 Å². The molecular weight excluding hydrogens is 298 g/mol. The van der Waals surface area contributed by atoms with E-state index in [9.17, 15) is 0 Å². The summed E-state index contributed by atoms with van der Waals surface area (Å²) in [6.45, 7) is 8.17. The molecule has 5 nitrogen and oxygen atoms in total. The van der Waals surface area contributed by atoms with Gasteiger partial charge in [0.25, 0.3) is 0 Å². The van der Waals surface area contributed by atoms with E-state index in [0.29, 0.717) is 12.1 Å². The summed E-state index contributed by atoms with van der Waals surface area (Å²) in [6.07, 6.45) is 11.0. The number of hydrogen-bond donors (Lipinski definition) is 2. The van der Waals surface area contributed by atoms with E-state index in [-0.39, 0.29) is 0 Å². The van der Waals surface area contributed by atoms with E-state index in [0.717, 1.165) is 25.1 Å². The second-order valence-electron chi connectivity index (χ2n) is 7.79. The van der Waals surface area contributed by atoms with Crippen molar-refractivity contribution in [3.8, 4) is 0 Å². The van der Waals surface area contributed by atoms with Gasteiger partial charge in [-0.2, -0.15) is 0 Å². The van der Waals surface area contributed by atoms with Gasteiger partial charge in [-0.1, -0.05) is 26.2 Å². The summed E-state index contributed by atoms with van der Waals surface area (Å²) in [5.41, 5.74) is 0. The molecule has 5 heteroatoms. The Balaban J connectivity index is 1.42. The molecule has 0 radical (unpaired) electrons. The standard InChI is InChI=1S/C19H37N5/c1-3-23-12-7-6-10-18(23)14-21-19(20-2)22-16-11-13-24(15-16)17-8-4-5-9-17/h16-18H,3-15H2,1-2H3,(H2,20,21,22). The molecule has 1 aliphatic carbocycles. The average Bonchev–Trinajstić information content (AvgIpc) is 3.30. The number of likely N-dealkylation sites (N-methyl/N-ethyl adjacent to an activating group) is 1. The first kappa shape index (κ1) is 18.0. The highest BCUT2D eigenvalue weighted by Gasteiger charge is 2.30. The quantitative estimate of drug-likeness (QED) is 0.596. The summed E-state index contributed by atoms with van der Waals surface area (Å²) < 4.78 is 0. The molecule has 3 rings (SSSR count). The summed E-state index contributed by atoms with van der Waals surface area (Å²) in [4.78, 5) is 9.79. The van der Waals surface area contributed by atoms with Crippen molar-refractivity contribution in [2.24, 2.45) is 4.99 Å². The highest BCUT2D eigenvalue weighted by atomic mass is 15.3. The maximum Gasteiger partial charge on any atom is 0.191 e. The van der Waals surface area contributed by atoms with Gasteiger partial charge in [0.2, 0.25) is 0 Å². The summed E-state index contributed by atoms with van der Waals surface area (Å²) in [5, 5.41) is 7.26. The Kier molecular flexibility index (Phi) is 6.78. The monoisotopic (exact) mass is 335 g/mol. The number of piperidine rings is 1. The van der Waals surface area contributed by atoms with Crippen LogP contribution < -0.4 is 10.6 Å². The molecule has 138 valence electrons. The minimum Gasteiger partial charge on any atom is -0.355 e. The molecule has 2 unspecified atom stereocenters. The number of nitrogens with one attached hydrogen (secondary N) is 2. The van der Waals surface area contributed by atoms with E-state index in [1.807, 2.05) is 7.05 Å². The lowest BCUT2D eigenvalue weighted by Gasteiger charge is -2.35. The zero-order chi connectivity index (χ0) is 16.8. The summed E-state index contributed by atoms with van der Waals surface area (Å²) >= 11 is 0. The highest BCUT2D eigenvalue weighted by molar-refractivity contribution is 5.80. The molecule has 0 aromatic heterocycles. The lowest BCUT2D eigenvalue weighted by atomic mass is 10.0. The Morgan fingerprint density at radius 3 is 2.58 bits per heavy atom. The van der Waals surface area contributed by atoms with Crippen molar-refractivity contribution in [3.63, 3.8) is 0 Å². The van der Waals surface area contributed by atoms with Gasteiger partial charge in [0.15, 0.2) is 5.96 Å². The fraction of sp³-hybridized carbons (Fsp3) is 0.947. The van der Waals surface area contributed by atoms with Crippen LogP contribution in [0.4, 0.5) is 0 Å². The predicted octanol–water partition coefficient (Wildman–Crippen LogP) is 2.04. The SMILES string of the molecule is CCN1CCCCC1CNC(=NC)NC1CCN(C2CCCC2)C1. The van der Waals surface area contributed by atoms with E-state index in [2.05, 4.69) is 32.3 Å². The molecule has 0 bridgehead atoms. The molecule has 2 aliphatic heterocycles. The van der Waals surface area contributed by atoms with Gasteiger partial charge in [0.1, 0.15) is 0 Å². The van der Waals surface area contributed by atoms with Crippen molar-refractivity contribution in [2.75, 3.05) is 39.8 Å². The summed E-state index contributed by atoms with van der Waals surface area (Å²) in [5.74, 6) is 0.995. The van der Waals surface area contributed by atoms with E-state index in [1.165, 1.54) is 71.0 Å². The van der Waals surface area contributed by atoms with Crippen LogP contribution in [0.2, 0.25) is 0 Å². The van der Waals surface area contributed by atoms with E-state index in [1.54, 1.807) is 0 Å². The second-order valence-corrected chi connectivity index (χ2v) is 7.79. The molecule has 3 fully saturated rings. The third-order valence-electron chi connectivity index (χ3n) is 6.29. The van der Waals surface area contributed by atoms with Crippen molar-refractivity contribution in [1.29, 1.82) is 0 Å². The van der Waals surface area contributed by atoms with Crippen molar-refractivity contribution < 1.29 is 0 Å². The van der Waals surface area contributed by atoms with Gasteiger partial charge < -0.3 is 10.6 Å². The van der Waals surface area contributed by atoms with Crippen LogP contribution in [0.3, 0.4) is 0 Å². The van der Waals surface area contributed by atoms with Crippen LogP contribution >= 0.6 is 0 Å². The zero-order valence-electron chi connectivity index (χ0n) is 15.8. The fourth-order valence-corrected chi connectivity index (χ4v) is 4.82. The smallest absolute Gasteiger partial charge is 0.191 e. The maximum atomic E-state index is 4.47. The van der Waals surface area contributed by atoms with Gasteiger partial charge in [-0.05, 0) is 45.2 Å². The van der Waals surface area contributed by atoms with Gasteiger partial charge in [0, 0.05) is 44.8 Å². The second kappa shape index (κ2) is 9.04. The van der Waals surface area contributed by atoms with Crippen molar-refractivity contribution >= 4 is 5.96 Å². The number of rotatable bonds is 5. The average molecular weight is 336 g/mol. The lowest BCUT2D eigenvalue weighted by Crippen LogP contribution is -2.51. The Morgan fingerprint density at radius 2 is 1.83 bits per heavy atom. The maximum absolute atomic E-state index is 4.47. The van der Waals surface area contributed by atoms with Crippen LogP contribution in [0.1, 0.15) is 58.3 Å². The Labute approximate surface area is 148 Å². The molecule has 0 aromatic carbocycles. The van der Waals surface area contributed by atoms with Crippen LogP contribution in [0.25, 0.3) is 0 Å². The van der Waals surface area contributed by atoms with Crippen LogP contribution in [0, 0.1) is 0 Å². The molecule has 3 aliphatic rings. The molecule has 2 heterocycles. The third-order valence-corrected chi connectivity index (χ3v) is 6.29. The lowest BCUT2D eigenvalue weighted by molar-refractivity contribution is 0.157. The summed E-state index contributed by atoms with van der Waals surface area (Å²) in [7, 11) is 1.90. The highest BCUT2D eigenvalue weighted by Crippen LogP contribution is 2.26. The molecule has 2 saturated heterocycles. The van der Waals surface area contributed by atoms with E-state index in [4.69, 9.17) is 0 Å². The molecule has 2 N–H and O–H groups in total. The third kappa shape index (κ3) is 4.63. The number of likely N-dealkylation sites (tertiary alicyclic amines) is 2. The molecule has 24 heavy (non-hydrogen) atoms. The number of guanidine groups is 1. The van der Waals surface area contributed by atoms with Gasteiger partial charge in [0.05, 0.1) is 0 Å². The summed E-state index contributed by atoms with van der Waals surface area (Å²) in [6, 6.07) is 2.08. The predicted molar refractivity (Wildman–Crippen MR) is 102 cm³/mol. The Bertz CT molecular complexity index is 405. The van der Waals surface area contributed by atoms with Gasteiger partial charge >= 0.3 is 0 Å². The minimum atomic E-state index is 0.561. The van der Waals surface area contributed by atoms with Crippen LogP contribution in [0.5, 0.6) is 0 Å². The van der Waals surface area contributed by atoms with Crippen LogP contribution in [0.15, 0.2) is 4.99 Å². The number of nitrogens with zero attached hydrogens (tertiary/aromatic N) is 3. The molecule has 0 amide bonds. The largest absolute Gasteiger partial charge is 0.355 e. The van der Waals surface area contributed by atoms with Gasteiger partial charge in [-0.25, -0.2) is 0 Å². The first-order chi connectivity index (χ1) is 11.8. The first-order valence-electron chi connectivity index (χ1n) is 10.3.